The van der Waals surface area contributed by atoms with E-state index in [-0.39, 0.29) is 6.07 Å². The average Bonchev–Trinajstić information content (AvgIpc) is 2.17. The Kier molecular flexibility index (Phi) is 3.04. The highest BCUT2D eigenvalue weighted by atomic mass is 19.4. The van der Waals surface area contributed by atoms with Gasteiger partial charge in [-0.05, 0) is 6.07 Å². The lowest BCUT2D eigenvalue weighted by Crippen LogP contribution is -2.10. The van der Waals surface area contributed by atoms with Crippen LogP contribution in [0.15, 0.2) is 11.1 Å². The zero-order chi connectivity index (χ0) is 12.5. The van der Waals surface area contributed by atoms with Gasteiger partial charge in [-0.2, -0.15) is 18.2 Å². The largest absolute Gasteiger partial charge is 0.419 e. The molecule has 0 saturated heterocycles. The zero-order valence-corrected chi connectivity index (χ0v) is 7.20. The Morgan fingerprint density at radius 1 is 1.06 bits per heavy atom. The van der Waals surface area contributed by atoms with Crippen molar-refractivity contribution in [2.45, 2.75) is 6.18 Å². The van der Waals surface area contributed by atoms with Gasteiger partial charge in [-0.1, -0.05) is 0 Å². The zero-order valence-electron chi connectivity index (χ0n) is 7.20. The fourth-order valence-electron chi connectivity index (χ4n) is 0.927. The lowest BCUT2D eigenvalue weighted by atomic mass is 10.1. The lowest BCUT2D eigenvalue weighted by molar-refractivity contribution is -0.140. The summed E-state index contributed by atoms with van der Waals surface area (Å²) < 4.78 is 74.5. The first-order valence-corrected chi connectivity index (χ1v) is 3.61. The van der Waals surface area contributed by atoms with Gasteiger partial charge in [0, 0.05) is 0 Å². The molecule has 0 saturated carbocycles. The molecule has 0 fully saturated rings. The molecule has 86 valence electrons. The van der Waals surface area contributed by atoms with Crippen LogP contribution in [0.3, 0.4) is 0 Å². The van der Waals surface area contributed by atoms with Crippen LogP contribution < -0.4 is 0 Å². The van der Waals surface area contributed by atoms with Gasteiger partial charge in [0.1, 0.15) is 5.69 Å². The topological polar surface area (TPSA) is 29.4 Å². The maximum atomic E-state index is 12.8. The Balaban J connectivity index is 3.60. The van der Waals surface area contributed by atoms with Gasteiger partial charge in [-0.15, -0.1) is 0 Å². The molecule has 0 bridgehead atoms. The van der Waals surface area contributed by atoms with Gasteiger partial charge in [0.15, 0.2) is 17.5 Å². The second-order valence-corrected chi connectivity index (χ2v) is 2.59. The molecule has 0 aliphatic rings. The van der Waals surface area contributed by atoms with Crippen LogP contribution in [0.5, 0.6) is 0 Å². The molecule has 0 unspecified atom stereocenters. The molecule has 0 radical (unpaired) electrons. The standard InChI is InChI=1S/C8HF6NO/c9-5-3(8(12,13)14)1-4(15-2-16)6(10)7(5)11/h1H. The molecular formula is C8HF6NO. The SMILES string of the molecule is O=C=Nc1cc(C(F)(F)F)c(F)c(F)c1F. The molecule has 1 aromatic rings. The van der Waals surface area contributed by atoms with Gasteiger partial charge in [0.2, 0.25) is 6.08 Å². The Morgan fingerprint density at radius 3 is 2.06 bits per heavy atom. The summed E-state index contributed by atoms with van der Waals surface area (Å²) in [6.07, 6.45) is -4.49. The smallest absolute Gasteiger partial charge is 0.211 e. The molecule has 1 rings (SSSR count). The molecule has 0 aliphatic carbocycles. The number of nitrogens with zero attached hydrogens (tertiary/aromatic N) is 1. The monoisotopic (exact) mass is 241 g/mol. The molecule has 0 aromatic heterocycles. The van der Waals surface area contributed by atoms with Crippen molar-refractivity contribution in [1.29, 1.82) is 0 Å². The van der Waals surface area contributed by atoms with Crippen LogP contribution in [0.2, 0.25) is 0 Å². The van der Waals surface area contributed by atoms with Gasteiger partial charge in [-0.3, -0.25) is 0 Å². The van der Waals surface area contributed by atoms with Crippen molar-refractivity contribution in [2.24, 2.45) is 4.99 Å². The minimum Gasteiger partial charge on any atom is -0.211 e. The summed E-state index contributed by atoms with van der Waals surface area (Å²) in [5.74, 6) is -6.70. The van der Waals surface area contributed by atoms with E-state index in [1.54, 1.807) is 0 Å². The molecule has 1 aromatic carbocycles. The number of alkyl halides is 3. The van der Waals surface area contributed by atoms with E-state index >= 15 is 0 Å². The van der Waals surface area contributed by atoms with Crippen molar-refractivity contribution in [1.82, 2.24) is 0 Å². The number of benzene rings is 1. The highest BCUT2D eigenvalue weighted by Gasteiger charge is 2.37. The minimum atomic E-state index is -5.22. The fourth-order valence-corrected chi connectivity index (χ4v) is 0.927. The van der Waals surface area contributed by atoms with Crippen molar-refractivity contribution >= 4 is 11.8 Å². The van der Waals surface area contributed by atoms with Gasteiger partial charge >= 0.3 is 6.18 Å². The normalized spacial score (nSPS) is 11.1. The van der Waals surface area contributed by atoms with Crippen LogP contribution in [0.1, 0.15) is 5.56 Å². The van der Waals surface area contributed by atoms with Gasteiger partial charge in [-0.25, -0.2) is 18.0 Å². The fraction of sp³-hybridized carbons (Fsp3) is 0.125. The molecule has 2 nitrogen and oxygen atoms in total. The van der Waals surface area contributed by atoms with E-state index in [9.17, 15) is 31.1 Å². The summed E-state index contributed by atoms with van der Waals surface area (Å²) in [6.45, 7) is 0. The predicted octanol–water partition coefficient (Wildman–Crippen LogP) is 3.09. The number of carbonyl (C=O) groups excluding carboxylic acids is 1. The van der Waals surface area contributed by atoms with Crippen LogP contribution in [0.25, 0.3) is 0 Å². The van der Waals surface area contributed by atoms with Crippen molar-refractivity contribution in [3.8, 4) is 0 Å². The summed E-state index contributed by atoms with van der Waals surface area (Å²) in [7, 11) is 0. The number of aliphatic imine (C=N–C) groups is 1. The average molecular weight is 241 g/mol. The van der Waals surface area contributed by atoms with E-state index in [0.29, 0.717) is 0 Å². The van der Waals surface area contributed by atoms with E-state index in [0.717, 1.165) is 6.08 Å². The summed E-state index contributed by atoms with van der Waals surface area (Å²) >= 11 is 0. The highest BCUT2D eigenvalue weighted by molar-refractivity contribution is 5.52. The van der Waals surface area contributed by atoms with E-state index in [2.05, 4.69) is 4.99 Å². The molecule has 0 amide bonds. The predicted molar refractivity (Wildman–Crippen MR) is 39.1 cm³/mol. The Labute approximate surface area is 84.2 Å². The number of hydrogen-bond acceptors (Lipinski definition) is 2. The Hall–Kier alpha value is -1.82. The Bertz CT molecular complexity index is 474. The first kappa shape index (κ1) is 12.3. The van der Waals surface area contributed by atoms with Gasteiger partial charge in [0.25, 0.3) is 0 Å². The third-order valence-electron chi connectivity index (χ3n) is 1.60. The summed E-state index contributed by atoms with van der Waals surface area (Å²) in [4.78, 5) is 12.2. The highest BCUT2D eigenvalue weighted by Crippen LogP contribution is 2.36. The van der Waals surface area contributed by atoms with Crippen molar-refractivity contribution in [2.75, 3.05) is 0 Å². The number of hydrogen-bond donors (Lipinski definition) is 0. The van der Waals surface area contributed by atoms with E-state index < -0.39 is 34.9 Å². The van der Waals surface area contributed by atoms with Crippen LogP contribution >= 0.6 is 0 Å². The van der Waals surface area contributed by atoms with Crippen LogP contribution in [-0.4, -0.2) is 6.08 Å². The number of rotatable bonds is 1. The van der Waals surface area contributed by atoms with E-state index in [1.807, 2.05) is 0 Å². The molecular weight excluding hydrogens is 240 g/mol. The molecule has 8 heteroatoms. The number of isocyanates is 1. The van der Waals surface area contributed by atoms with Gasteiger partial charge < -0.3 is 0 Å². The summed E-state index contributed by atoms with van der Waals surface area (Å²) in [6, 6.07) is -0.112. The second kappa shape index (κ2) is 3.97. The van der Waals surface area contributed by atoms with Crippen molar-refractivity contribution in [3.05, 3.63) is 29.1 Å². The van der Waals surface area contributed by atoms with Crippen LogP contribution in [0, 0.1) is 17.5 Å². The first-order valence-electron chi connectivity index (χ1n) is 3.61. The molecule has 0 spiro atoms. The molecule has 16 heavy (non-hydrogen) atoms. The van der Waals surface area contributed by atoms with E-state index in [1.165, 1.54) is 0 Å². The minimum absolute atomic E-state index is 0.112. The second-order valence-electron chi connectivity index (χ2n) is 2.59. The third kappa shape index (κ3) is 2.06. The molecule has 0 atom stereocenters. The van der Waals surface area contributed by atoms with Crippen LogP contribution in [0.4, 0.5) is 32.0 Å². The van der Waals surface area contributed by atoms with Crippen molar-refractivity contribution in [3.63, 3.8) is 0 Å². The van der Waals surface area contributed by atoms with E-state index in [4.69, 9.17) is 0 Å². The molecule has 0 N–H and O–H groups in total. The Morgan fingerprint density at radius 2 is 1.62 bits per heavy atom. The molecule has 0 aliphatic heterocycles. The quantitative estimate of drug-likeness (QED) is 0.321. The number of halogens is 6. The molecule has 0 heterocycles. The van der Waals surface area contributed by atoms with Crippen molar-refractivity contribution < 1.29 is 31.1 Å². The first-order chi connectivity index (χ1) is 7.29. The van der Waals surface area contributed by atoms with Crippen LogP contribution in [-0.2, 0) is 11.0 Å². The van der Waals surface area contributed by atoms with Gasteiger partial charge in [0.05, 0.1) is 5.56 Å². The summed E-state index contributed by atoms with van der Waals surface area (Å²) in [5.41, 5.74) is -3.30. The maximum Gasteiger partial charge on any atom is 0.419 e. The maximum absolute atomic E-state index is 12.8. The third-order valence-corrected chi connectivity index (χ3v) is 1.60. The summed E-state index contributed by atoms with van der Waals surface area (Å²) in [5, 5.41) is 0. The lowest BCUT2D eigenvalue weighted by Gasteiger charge is -2.09.